The molecule has 0 saturated carbocycles. The van der Waals surface area contributed by atoms with E-state index in [9.17, 15) is 22.0 Å². The van der Waals surface area contributed by atoms with Crippen LogP contribution < -0.4 is 4.90 Å². The molecule has 0 aliphatic carbocycles. The molecule has 1 saturated heterocycles. The highest BCUT2D eigenvalue weighted by molar-refractivity contribution is 5.53. The monoisotopic (exact) mass is 319 g/mol. The molecular formula is C14H14F5N3. The maximum Gasteiger partial charge on any atom is 0.401 e. The van der Waals surface area contributed by atoms with Crippen molar-refractivity contribution in [2.24, 2.45) is 0 Å². The van der Waals surface area contributed by atoms with Crippen LogP contribution in [0.5, 0.6) is 0 Å². The smallest absolute Gasteiger partial charge is 0.364 e. The van der Waals surface area contributed by atoms with Crippen molar-refractivity contribution in [2.45, 2.75) is 19.1 Å². The van der Waals surface area contributed by atoms with Crippen molar-refractivity contribution in [1.29, 1.82) is 5.26 Å². The number of anilines is 1. The van der Waals surface area contributed by atoms with E-state index in [1.165, 1.54) is 9.80 Å². The number of benzene rings is 1. The number of nitriles is 1. The second-order valence-corrected chi connectivity index (χ2v) is 5.28. The summed E-state index contributed by atoms with van der Waals surface area (Å²) in [5.74, 6) is -1.76. The largest absolute Gasteiger partial charge is 0.401 e. The fourth-order valence-corrected chi connectivity index (χ4v) is 2.60. The fraction of sp³-hybridized carbons (Fsp3) is 0.500. The van der Waals surface area contributed by atoms with Crippen LogP contribution in [0.3, 0.4) is 0 Å². The Bertz CT molecular complexity index is 570. The van der Waals surface area contributed by atoms with Gasteiger partial charge in [-0.3, -0.25) is 4.90 Å². The van der Waals surface area contributed by atoms with Gasteiger partial charge in [0.05, 0.1) is 18.2 Å². The second-order valence-electron chi connectivity index (χ2n) is 5.28. The van der Waals surface area contributed by atoms with Crippen molar-refractivity contribution in [3.05, 3.63) is 29.3 Å². The third-order valence-electron chi connectivity index (χ3n) is 3.61. The lowest BCUT2D eigenvalue weighted by atomic mass is 10.1. The van der Waals surface area contributed by atoms with Crippen LogP contribution in [-0.4, -0.2) is 43.3 Å². The van der Waals surface area contributed by atoms with Gasteiger partial charge >= 0.3 is 6.18 Å². The van der Waals surface area contributed by atoms with E-state index in [0.717, 1.165) is 12.1 Å². The maximum atomic E-state index is 14.0. The molecule has 1 heterocycles. The molecule has 1 unspecified atom stereocenters. The van der Waals surface area contributed by atoms with Crippen LogP contribution >= 0.6 is 0 Å². The Morgan fingerprint density at radius 3 is 2.27 bits per heavy atom. The lowest BCUT2D eigenvalue weighted by Gasteiger charge is -2.41. The molecule has 1 atom stereocenters. The SMILES string of the molecule is CC1CN(c2c(F)cc(C#N)cc2F)CCN1CC(F)(F)F. The molecule has 1 aliphatic heterocycles. The Morgan fingerprint density at radius 1 is 1.23 bits per heavy atom. The minimum Gasteiger partial charge on any atom is -0.364 e. The van der Waals surface area contributed by atoms with Crippen LogP contribution in [0.2, 0.25) is 0 Å². The van der Waals surface area contributed by atoms with Gasteiger partial charge in [-0.25, -0.2) is 8.78 Å². The zero-order valence-corrected chi connectivity index (χ0v) is 11.8. The summed E-state index contributed by atoms with van der Waals surface area (Å²) in [5.41, 5.74) is -0.431. The molecule has 0 radical (unpaired) electrons. The summed E-state index contributed by atoms with van der Waals surface area (Å²) < 4.78 is 65.2. The molecule has 0 spiro atoms. The molecule has 1 fully saturated rings. The quantitative estimate of drug-likeness (QED) is 0.785. The predicted molar refractivity (Wildman–Crippen MR) is 70.4 cm³/mol. The summed E-state index contributed by atoms with van der Waals surface area (Å²) in [6.07, 6.45) is -4.30. The molecule has 22 heavy (non-hydrogen) atoms. The Balaban J connectivity index is 2.16. The number of hydrogen-bond donors (Lipinski definition) is 0. The van der Waals surface area contributed by atoms with E-state index in [0.29, 0.717) is 0 Å². The van der Waals surface area contributed by atoms with Gasteiger partial charge in [-0.1, -0.05) is 0 Å². The van der Waals surface area contributed by atoms with E-state index < -0.39 is 30.4 Å². The first-order chi connectivity index (χ1) is 10.2. The third-order valence-corrected chi connectivity index (χ3v) is 3.61. The average Bonchev–Trinajstić information content (AvgIpc) is 2.39. The van der Waals surface area contributed by atoms with Crippen molar-refractivity contribution in [2.75, 3.05) is 31.1 Å². The van der Waals surface area contributed by atoms with Crippen molar-refractivity contribution in [3.8, 4) is 6.07 Å². The van der Waals surface area contributed by atoms with Gasteiger partial charge in [0.2, 0.25) is 0 Å². The zero-order valence-electron chi connectivity index (χ0n) is 11.8. The Labute approximate surface area is 124 Å². The van der Waals surface area contributed by atoms with E-state index in [1.54, 1.807) is 13.0 Å². The standard InChI is InChI=1S/C14H14F5N3/c1-9-7-21(2-3-22(9)8-14(17,18)19)13-11(15)4-10(6-20)5-12(13)16/h4-5,9H,2-3,7-8H2,1H3. The van der Waals surface area contributed by atoms with Gasteiger partial charge in [-0.15, -0.1) is 0 Å². The molecule has 3 nitrogen and oxygen atoms in total. The van der Waals surface area contributed by atoms with Crippen molar-refractivity contribution < 1.29 is 22.0 Å². The number of rotatable bonds is 2. The van der Waals surface area contributed by atoms with E-state index in [4.69, 9.17) is 5.26 Å². The van der Waals surface area contributed by atoms with Crippen LogP contribution in [0, 0.1) is 23.0 Å². The molecule has 1 aromatic carbocycles. The molecule has 2 rings (SSSR count). The van der Waals surface area contributed by atoms with E-state index in [1.807, 2.05) is 0 Å². The first-order valence-corrected chi connectivity index (χ1v) is 6.66. The minimum atomic E-state index is -4.30. The molecule has 1 aliphatic rings. The average molecular weight is 319 g/mol. The van der Waals surface area contributed by atoms with Gasteiger partial charge in [0.25, 0.3) is 0 Å². The molecule has 0 amide bonds. The molecule has 0 bridgehead atoms. The van der Waals surface area contributed by atoms with Crippen LogP contribution in [-0.2, 0) is 0 Å². The van der Waals surface area contributed by atoms with Gasteiger partial charge in [0.15, 0.2) is 11.6 Å². The van der Waals surface area contributed by atoms with Crippen LogP contribution in [0.4, 0.5) is 27.6 Å². The normalized spacial score (nSPS) is 20.0. The van der Waals surface area contributed by atoms with Gasteiger partial charge in [-0.2, -0.15) is 18.4 Å². The lowest BCUT2D eigenvalue weighted by molar-refractivity contribution is -0.150. The highest BCUT2D eigenvalue weighted by Gasteiger charge is 2.35. The number of nitrogens with zero attached hydrogens (tertiary/aromatic N) is 3. The van der Waals surface area contributed by atoms with Gasteiger partial charge in [0, 0.05) is 25.7 Å². The number of hydrogen-bond acceptors (Lipinski definition) is 3. The highest BCUT2D eigenvalue weighted by atomic mass is 19.4. The van der Waals surface area contributed by atoms with Crippen LogP contribution in [0.25, 0.3) is 0 Å². The summed E-state index contributed by atoms with van der Waals surface area (Å²) in [5, 5.41) is 8.66. The second kappa shape index (κ2) is 6.08. The molecule has 0 aromatic heterocycles. The summed E-state index contributed by atoms with van der Waals surface area (Å²) in [6, 6.07) is 3.00. The van der Waals surface area contributed by atoms with Crippen molar-refractivity contribution in [1.82, 2.24) is 4.90 Å². The molecule has 120 valence electrons. The Hall–Kier alpha value is -1.88. The van der Waals surface area contributed by atoms with Gasteiger partial charge in [0.1, 0.15) is 5.69 Å². The first kappa shape index (κ1) is 16.5. The first-order valence-electron chi connectivity index (χ1n) is 6.66. The summed E-state index contributed by atoms with van der Waals surface area (Å²) in [6.45, 7) is 0.757. The van der Waals surface area contributed by atoms with Crippen LogP contribution in [0.15, 0.2) is 12.1 Å². The zero-order chi connectivity index (χ0) is 16.5. The number of alkyl halides is 3. The Kier molecular flexibility index (Phi) is 4.56. The molecular weight excluding hydrogens is 305 g/mol. The number of piperazine rings is 1. The lowest BCUT2D eigenvalue weighted by Crippen LogP contribution is -2.54. The molecule has 0 N–H and O–H groups in total. The van der Waals surface area contributed by atoms with E-state index in [2.05, 4.69) is 0 Å². The maximum absolute atomic E-state index is 14.0. The molecule has 8 heteroatoms. The van der Waals surface area contributed by atoms with Gasteiger partial charge in [-0.05, 0) is 19.1 Å². The van der Waals surface area contributed by atoms with E-state index >= 15 is 0 Å². The van der Waals surface area contributed by atoms with E-state index in [-0.39, 0.29) is 30.9 Å². The Morgan fingerprint density at radius 2 is 1.82 bits per heavy atom. The van der Waals surface area contributed by atoms with Gasteiger partial charge < -0.3 is 4.90 Å². The van der Waals surface area contributed by atoms with Crippen LogP contribution in [0.1, 0.15) is 12.5 Å². The molecule has 1 aromatic rings. The summed E-state index contributed by atoms with van der Waals surface area (Å²) in [4.78, 5) is 2.61. The van der Waals surface area contributed by atoms with Crippen molar-refractivity contribution >= 4 is 5.69 Å². The fourth-order valence-electron chi connectivity index (χ4n) is 2.60. The third kappa shape index (κ3) is 3.65. The number of halogens is 5. The summed E-state index contributed by atoms with van der Waals surface area (Å²) in [7, 11) is 0. The highest BCUT2D eigenvalue weighted by Crippen LogP contribution is 2.28. The predicted octanol–water partition coefficient (Wildman–Crippen LogP) is 2.91. The topological polar surface area (TPSA) is 30.3 Å². The minimum absolute atomic E-state index is 0.0551. The summed E-state index contributed by atoms with van der Waals surface area (Å²) >= 11 is 0. The van der Waals surface area contributed by atoms with Crippen molar-refractivity contribution in [3.63, 3.8) is 0 Å².